The zero-order chi connectivity index (χ0) is 17.6. The molecular weight excluding hydrogens is 302 g/mol. The number of rotatable bonds is 5. The summed E-state index contributed by atoms with van der Waals surface area (Å²) in [6.45, 7) is 5.56. The molecule has 1 amide bonds. The van der Waals surface area contributed by atoms with Gasteiger partial charge < -0.3 is 15.2 Å². The van der Waals surface area contributed by atoms with E-state index in [9.17, 15) is 4.79 Å². The molecule has 0 saturated heterocycles. The number of benzene rings is 2. The molecule has 0 aromatic heterocycles. The minimum atomic E-state index is -0.534. The molecule has 0 aliphatic rings. The first-order chi connectivity index (χ1) is 11.4. The summed E-state index contributed by atoms with van der Waals surface area (Å²) in [6.07, 6.45) is 0.220. The Labute approximate surface area is 143 Å². The maximum Gasteiger partial charge on any atom is 0.408 e. The van der Waals surface area contributed by atoms with E-state index in [1.807, 2.05) is 75.4 Å². The highest BCUT2D eigenvalue weighted by Crippen LogP contribution is 2.20. The number of hydrogen-bond acceptors (Lipinski definition) is 3. The standard InChI is InChI=1S/C20H25NO3/c1-20(2,3)24-19(23)21-18(17-7-5-4-6-8-17)13-15-9-11-16(14-22)12-10-15/h4-12,18,22H,13-14H2,1-3H3,(H,21,23). The Hall–Kier alpha value is -2.33. The summed E-state index contributed by atoms with van der Waals surface area (Å²) < 4.78 is 5.38. The predicted molar refractivity (Wildman–Crippen MR) is 94.6 cm³/mol. The van der Waals surface area contributed by atoms with Crippen LogP contribution in [0, 0.1) is 0 Å². The summed E-state index contributed by atoms with van der Waals surface area (Å²) in [7, 11) is 0. The van der Waals surface area contributed by atoms with E-state index in [4.69, 9.17) is 9.84 Å². The molecule has 0 spiro atoms. The second kappa shape index (κ2) is 7.97. The summed E-state index contributed by atoms with van der Waals surface area (Å²) >= 11 is 0. The van der Waals surface area contributed by atoms with E-state index in [-0.39, 0.29) is 12.6 Å². The molecule has 0 aliphatic carbocycles. The van der Waals surface area contributed by atoms with E-state index in [0.717, 1.165) is 16.7 Å². The van der Waals surface area contributed by atoms with Crippen molar-refractivity contribution in [1.29, 1.82) is 0 Å². The summed E-state index contributed by atoms with van der Waals surface area (Å²) in [5, 5.41) is 12.1. The molecule has 1 atom stereocenters. The number of ether oxygens (including phenoxy) is 1. The van der Waals surface area contributed by atoms with Crippen LogP contribution in [-0.2, 0) is 17.8 Å². The Morgan fingerprint density at radius 3 is 2.17 bits per heavy atom. The Morgan fingerprint density at radius 1 is 1.04 bits per heavy atom. The topological polar surface area (TPSA) is 58.6 Å². The van der Waals surface area contributed by atoms with Gasteiger partial charge in [-0.05, 0) is 43.9 Å². The molecule has 128 valence electrons. The number of amides is 1. The minimum absolute atomic E-state index is 0.0263. The summed E-state index contributed by atoms with van der Waals surface area (Å²) in [5.74, 6) is 0. The highest BCUT2D eigenvalue weighted by atomic mass is 16.6. The molecule has 0 saturated carbocycles. The molecular formula is C20H25NO3. The molecule has 4 heteroatoms. The predicted octanol–water partition coefficient (Wildman–Crippen LogP) is 3.99. The van der Waals surface area contributed by atoms with E-state index in [0.29, 0.717) is 6.42 Å². The van der Waals surface area contributed by atoms with Gasteiger partial charge in [-0.3, -0.25) is 0 Å². The number of hydrogen-bond donors (Lipinski definition) is 2. The first-order valence-corrected chi connectivity index (χ1v) is 8.10. The van der Waals surface area contributed by atoms with Gasteiger partial charge in [0.2, 0.25) is 0 Å². The van der Waals surface area contributed by atoms with Gasteiger partial charge in [0.15, 0.2) is 0 Å². The maximum absolute atomic E-state index is 12.2. The lowest BCUT2D eigenvalue weighted by Crippen LogP contribution is -2.35. The van der Waals surface area contributed by atoms with Crippen LogP contribution in [0.5, 0.6) is 0 Å². The Bertz CT molecular complexity index is 645. The lowest BCUT2D eigenvalue weighted by Gasteiger charge is -2.24. The van der Waals surface area contributed by atoms with Crippen LogP contribution in [0.1, 0.15) is 43.5 Å². The molecule has 4 nitrogen and oxygen atoms in total. The largest absolute Gasteiger partial charge is 0.444 e. The van der Waals surface area contributed by atoms with E-state index in [2.05, 4.69) is 5.32 Å². The SMILES string of the molecule is CC(C)(C)OC(=O)NC(Cc1ccc(CO)cc1)c1ccccc1. The molecule has 2 rings (SSSR count). The zero-order valence-electron chi connectivity index (χ0n) is 14.5. The number of nitrogens with one attached hydrogen (secondary N) is 1. The third-order valence-electron chi connectivity index (χ3n) is 3.54. The van der Waals surface area contributed by atoms with Crippen molar-refractivity contribution in [2.24, 2.45) is 0 Å². The number of carbonyl (C=O) groups excluding carboxylic acids is 1. The lowest BCUT2D eigenvalue weighted by atomic mass is 9.98. The van der Waals surface area contributed by atoms with Gasteiger partial charge in [-0.1, -0.05) is 54.6 Å². The monoisotopic (exact) mass is 327 g/mol. The number of aliphatic hydroxyl groups excluding tert-OH is 1. The van der Waals surface area contributed by atoms with E-state index in [1.165, 1.54) is 0 Å². The molecule has 0 bridgehead atoms. The molecule has 0 radical (unpaired) electrons. The van der Waals surface area contributed by atoms with Gasteiger partial charge in [-0.15, -0.1) is 0 Å². The van der Waals surface area contributed by atoms with Crippen molar-refractivity contribution < 1.29 is 14.6 Å². The van der Waals surface area contributed by atoms with Crippen molar-refractivity contribution >= 4 is 6.09 Å². The van der Waals surface area contributed by atoms with Crippen LogP contribution in [0.25, 0.3) is 0 Å². The highest BCUT2D eigenvalue weighted by Gasteiger charge is 2.20. The fourth-order valence-electron chi connectivity index (χ4n) is 2.40. The summed E-state index contributed by atoms with van der Waals surface area (Å²) in [5.41, 5.74) is 2.44. The van der Waals surface area contributed by atoms with Gasteiger partial charge in [-0.2, -0.15) is 0 Å². The minimum Gasteiger partial charge on any atom is -0.444 e. The molecule has 0 fully saturated rings. The molecule has 1 unspecified atom stereocenters. The summed E-state index contributed by atoms with van der Waals surface area (Å²) in [6, 6.07) is 17.4. The average molecular weight is 327 g/mol. The van der Waals surface area contributed by atoms with E-state index in [1.54, 1.807) is 0 Å². The molecule has 0 heterocycles. The van der Waals surface area contributed by atoms with E-state index < -0.39 is 11.7 Å². The molecule has 2 N–H and O–H groups in total. The van der Waals surface area contributed by atoms with Crippen LogP contribution in [0.4, 0.5) is 4.79 Å². The fraction of sp³-hybridized carbons (Fsp3) is 0.350. The second-order valence-electron chi connectivity index (χ2n) is 6.79. The molecule has 2 aromatic carbocycles. The first-order valence-electron chi connectivity index (χ1n) is 8.10. The third-order valence-corrected chi connectivity index (χ3v) is 3.54. The van der Waals surface area contributed by atoms with Crippen LogP contribution in [0.15, 0.2) is 54.6 Å². The first kappa shape index (κ1) is 18.0. The molecule has 2 aromatic rings. The van der Waals surface area contributed by atoms with Crippen molar-refractivity contribution in [3.63, 3.8) is 0 Å². The smallest absolute Gasteiger partial charge is 0.408 e. The summed E-state index contributed by atoms with van der Waals surface area (Å²) in [4.78, 5) is 12.2. The zero-order valence-corrected chi connectivity index (χ0v) is 14.5. The molecule has 0 aliphatic heterocycles. The normalized spacial score (nSPS) is 12.5. The third kappa shape index (κ3) is 5.70. The molecule has 24 heavy (non-hydrogen) atoms. The van der Waals surface area contributed by atoms with Gasteiger partial charge in [0.25, 0.3) is 0 Å². The van der Waals surface area contributed by atoms with Crippen LogP contribution < -0.4 is 5.32 Å². The number of aliphatic hydroxyl groups is 1. The van der Waals surface area contributed by atoms with Crippen molar-refractivity contribution in [3.05, 3.63) is 71.3 Å². The lowest BCUT2D eigenvalue weighted by molar-refractivity contribution is 0.0503. The Kier molecular flexibility index (Phi) is 5.99. The van der Waals surface area contributed by atoms with Crippen molar-refractivity contribution in [3.8, 4) is 0 Å². The quantitative estimate of drug-likeness (QED) is 0.873. The second-order valence-corrected chi connectivity index (χ2v) is 6.79. The van der Waals surface area contributed by atoms with Gasteiger partial charge >= 0.3 is 6.09 Å². The van der Waals surface area contributed by atoms with Gasteiger partial charge in [0, 0.05) is 0 Å². The van der Waals surface area contributed by atoms with Crippen molar-refractivity contribution in [2.45, 2.75) is 45.4 Å². The van der Waals surface area contributed by atoms with Crippen molar-refractivity contribution in [1.82, 2.24) is 5.32 Å². The number of alkyl carbamates (subject to hydrolysis) is 1. The maximum atomic E-state index is 12.2. The fourth-order valence-corrected chi connectivity index (χ4v) is 2.40. The average Bonchev–Trinajstić information content (AvgIpc) is 2.54. The van der Waals surface area contributed by atoms with E-state index >= 15 is 0 Å². The highest BCUT2D eigenvalue weighted by molar-refractivity contribution is 5.68. The Balaban J connectivity index is 2.15. The van der Waals surface area contributed by atoms with Crippen molar-refractivity contribution in [2.75, 3.05) is 0 Å². The van der Waals surface area contributed by atoms with Gasteiger partial charge in [0.1, 0.15) is 5.60 Å². The Morgan fingerprint density at radius 2 is 1.62 bits per heavy atom. The van der Waals surface area contributed by atoms with Crippen LogP contribution in [0.3, 0.4) is 0 Å². The van der Waals surface area contributed by atoms with Gasteiger partial charge in [-0.25, -0.2) is 4.79 Å². The number of carbonyl (C=O) groups is 1. The van der Waals surface area contributed by atoms with Crippen LogP contribution >= 0.6 is 0 Å². The van der Waals surface area contributed by atoms with Crippen LogP contribution in [0.2, 0.25) is 0 Å². The van der Waals surface area contributed by atoms with Gasteiger partial charge in [0.05, 0.1) is 12.6 Å². The van der Waals surface area contributed by atoms with Crippen LogP contribution in [-0.4, -0.2) is 16.8 Å².